The highest BCUT2D eigenvalue weighted by atomic mass is 16.5. The van der Waals surface area contributed by atoms with Crippen LogP contribution in [0, 0.1) is 0 Å². The average Bonchev–Trinajstić information content (AvgIpc) is 3.10. The third-order valence-corrected chi connectivity index (χ3v) is 3.08. The van der Waals surface area contributed by atoms with Gasteiger partial charge in [-0.25, -0.2) is 0 Å². The molecule has 2 aromatic heterocycles. The lowest BCUT2D eigenvalue weighted by molar-refractivity contribution is 0.0931. The van der Waals surface area contributed by atoms with Crippen LogP contribution in [0.15, 0.2) is 35.1 Å². The molecule has 0 saturated carbocycles. The summed E-state index contributed by atoms with van der Waals surface area (Å²) >= 11 is 0. The minimum atomic E-state index is -0.201. The average molecular weight is 258 g/mol. The van der Waals surface area contributed by atoms with Crippen molar-refractivity contribution in [1.29, 1.82) is 0 Å². The molecule has 1 atom stereocenters. The molecule has 0 spiro atoms. The van der Waals surface area contributed by atoms with Crippen LogP contribution in [0.5, 0.6) is 0 Å². The van der Waals surface area contributed by atoms with Crippen molar-refractivity contribution in [2.75, 3.05) is 13.1 Å². The Balaban J connectivity index is 1.72. The van der Waals surface area contributed by atoms with Crippen LogP contribution in [0.2, 0.25) is 0 Å². The first kappa shape index (κ1) is 11.9. The molecule has 0 aromatic carbocycles. The van der Waals surface area contributed by atoms with Gasteiger partial charge >= 0.3 is 0 Å². The van der Waals surface area contributed by atoms with Crippen molar-refractivity contribution < 1.29 is 9.32 Å². The largest absolute Gasteiger partial charge is 0.355 e. The zero-order valence-electron chi connectivity index (χ0n) is 10.3. The lowest BCUT2D eigenvalue weighted by Gasteiger charge is -2.08. The predicted octanol–water partition coefficient (Wildman–Crippen LogP) is 0.828. The fourth-order valence-corrected chi connectivity index (χ4v) is 2.06. The third kappa shape index (κ3) is 2.63. The summed E-state index contributed by atoms with van der Waals surface area (Å²) in [6.07, 6.45) is 4.29. The number of nitrogens with zero attached hydrogens (tertiary/aromatic N) is 2. The maximum Gasteiger partial charge on any atom is 0.273 e. The number of pyridine rings is 1. The molecule has 98 valence electrons. The van der Waals surface area contributed by atoms with E-state index in [-0.39, 0.29) is 11.9 Å². The van der Waals surface area contributed by atoms with Crippen LogP contribution in [0.4, 0.5) is 0 Å². The number of hydrogen-bond acceptors (Lipinski definition) is 5. The maximum atomic E-state index is 12.0. The second kappa shape index (κ2) is 5.19. The first-order valence-corrected chi connectivity index (χ1v) is 6.21. The summed E-state index contributed by atoms with van der Waals surface area (Å²) < 4.78 is 5.17. The van der Waals surface area contributed by atoms with Crippen molar-refractivity contribution in [3.8, 4) is 11.3 Å². The molecule has 3 rings (SSSR count). The molecule has 1 fully saturated rings. The highest BCUT2D eigenvalue weighted by molar-refractivity contribution is 5.93. The first-order chi connectivity index (χ1) is 9.33. The van der Waals surface area contributed by atoms with Crippen LogP contribution in [0.1, 0.15) is 16.9 Å². The standard InChI is InChI=1S/C13H14N4O2/c18-13(16-10-3-5-15-8-10)11-6-12(19-17-11)9-2-1-4-14-7-9/h1-2,4,6-7,10,15H,3,5,8H2,(H,16,18). The molecule has 0 bridgehead atoms. The summed E-state index contributed by atoms with van der Waals surface area (Å²) in [5.74, 6) is 0.343. The number of carbonyl (C=O) groups is 1. The van der Waals surface area contributed by atoms with E-state index in [0.29, 0.717) is 11.5 Å². The Morgan fingerprint density at radius 2 is 2.47 bits per heavy atom. The Morgan fingerprint density at radius 1 is 1.53 bits per heavy atom. The van der Waals surface area contributed by atoms with E-state index in [1.54, 1.807) is 18.5 Å². The van der Waals surface area contributed by atoms with Gasteiger partial charge in [0.25, 0.3) is 5.91 Å². The van der Waals surface area contributed by atoms with E-state index in [2.05, 4.69) is 20.8 Å². The predicted molar refractivity (Wildman–Crippen MR) is 68.5 cm³/mol. The van der Waals surface area contributed by atoms with Crippen LogP contribution >= 0.6 is 0 Å². The summed E-state index contributed by atoms with van der Waals surface area (Å²) in [5, 5.41) is 9.91. The van der Waals surface area contributed by atoms with Gasteiger partial charge < -0.3 is 15.2 Å². The number of hydrogen-bond donors (Lipinski definition) is 2. The lowest BCUT2D eigenvalue weighted by atomic mass is 10.2. The van der Waals surface area contributed by atoms with Gasteiger partial charge in [-0.1, -0.05) is 5.16 Å². The van der Waals surface area contributed by atoms with E-state index in [0.717, 1.165) is 25.1 Å². The van der Waals surface area contributed by atoms with Gasteiger partial charge in [-0.3, -0.25) is 9.78 Å². The van der Waals surface area contributed by atoms with Crippen molar-refractivity contribution in [2.24, 2.45) is 0 Å². The SMILES string of the molecule is O=C(NC1CCNC1)c1cc(-c2cccnc2)on1. The lowest BCUT2D eigenvalue weighted by Crippen LogP contribution is -2.36. The highest BCUT2D eigenvalue weighted by Gasteiger charge is 2.20. The van der Waals surface area contributed by atoms with Crippen LogP contribution < -0.4 is 10.6 Å². The van der Waals surface area contributed by atoms with Gasteiger partial charge in [-0.05, 0) is 25.1 Å². The number of rotatable bonds is 3. The molecular weight excluding hydrogens is 244 g/mol. The van der Waals surface area contributed by atoms with E-state index in [4.69, 9.17) is 4.52 Å². The van der Waals surface area contributed by atoms with Gasteiger partial charge in [0.2, 0.25) is 0 Å². The molecule has 1 saturated heterocycles. The minimum Gasteiger partial charge on any atom is -0.355 e. The third-order valence-electron chi connectivity index (χ3n) is 3.08. The highest BCUT2D eigenvalue weighted by Crippen LogP contribution is 2.18. The normalized spacial score (nSPS) is 18.4. The van der Waals surface area contributed by atoms with Crippen LogP contribution in [0.3, 0.4) is 0 Å². The molecule has 1 unspecified atom stereocenters. The molecule has 3 heterocycles. The molecule has 19 heavy (non-hydrogen) atoms. The van der Waals surface area contributed by atoms with Crippen molar-refractivity contribution in [2.45, 2.75) is 12.5 Å². The van der Waals surface area contributed by atoms with Crippen LogP contribution in [-0.2, 0) is 0 Å². The Bertz CT molecular complexity index is 561. The molecular formula is C13H14N4O2. The van der Waals surface area contributed by atoms with Crippen molar-refractivity contribution in [3.05, 3.63) is 36.3 Å². The molecule has 6 nitrogen and oxygen atoms in total. The Morgan fingerprint density at radius 3 is 3.21 bits per heavy atom. The zero-order chi connectivity index (χ0) is 13.1. The summed E-state index contributed by atoms with van der Waals surface area (Å²) in [4.78, 5) is 16.0. The monoisotopic (exact) mass is 258 g/mol. The molecule has 2 N–H and O–H groups in total. The summed E-state index contributed by atoms with van der Waals surface area (Å²) in [6.45, 7) is 1.74. The van der Waals surface area contributed by atoms with Crippen molar-refractivity contribution in [1.82, 2.24) is 20.8 Å². The van der Waals surface area contributed by atoms with E-state index in [9.17, 15) is 4.79 Å². The van der Waals surface area contributed by atoms with Gasteiger partial charge in [-0.2, -0.15) is 0 Å². The number of amides is 1. The molecule has 2 aromatic rings. The van der Waals surface area contributed by atoms with E-state index in [1.165, 1.54) is 0 Å². The van der Waals surface area contributed by atoms with E-state index in [1.807, 2.05) is 12.1 Å². The van der Waals surface area contributed by atoms with Crippen molar-refractivity contribution in [3.63, 3.8) is 0 Å². The van der Waals surface area contributed by atoms with Gasteiger partial charge in [0.15, 0.2) is 11.5 Å². The van der Waals surface area contributed by atoms with Gasteiger partial charge in [0, 0.05) is 36.6 Å². The smallest absolute Gasteiger partial charge is 0.273 e. The topological polar surface area (TPSA) is 80.0 Å². The second-order valence-electron chi connectivity index (χ2n) is 4.48. The molecule has 6 heteroatoms. The molecule has 1 amide bonds. The fourth-order valence-electron chi connectivity index (χ4n) is 2.06. The van der Waals surface area contributed by atoms with Gasteiger partial charge in [-0.15, -0.1) is 0 Å². The van der Waals surface area contributed by atoms with Crippen LogP contribution in [0.25, 0.3) is 11.3 Å². The summed E-state index contributed by atoms with van der Waals surface area (Å²) in [7, 11) is 0. The van der Waals surface area contributed by atoms with E-state index < -0.39 is 0 Å². The van der Waals surface area contributed by atoms with E-state index >= 15 is 0 Å². The molecule has 0 radical (unpaired) electrons. The minimum absolute atomic E-state index is 0.172. The zero-order valence-corrected chi connectivity index (χ0v) is 10.3. The van der Waals surface area contributed by atoms with Gasteiger partial charge in [0.1, 0.15) is 0 Å². The second-order valence-corrected chi connectivity index (χ2v) is 4.48. The molecule has 0 aliphatic carbocycles. The van der Waals surface area contributed by atoms with Gasteiger partial charge in [0.05, 0.1) is 0 Å². The molecule has 1 aliphatic rings. The maximum absolute atomic E-state index is 12.0. The van der Waals surface area contributed by atoms with Crippen molar-refractivity contribution >= 4 is 5.91 Å². The Hall–Kier alpha value is -2.21. The molecule has 1 aliphatic heterocycles. The fraction of sp³-hybridized carbons (Fsp3) is 0.308. The number of aromatic nitrogens is 2. The Kier molecular flexibility index (Phi) is 3.24. The van der Waals surface area contributed by atoms with Crippen LogP contribution in [-0.4, -0.2) is 35.2 Å². The first-order valence-electron chi connectivity index (χ1n) is 6.21. The number of carbonyl (C=O) groups excluding carboxylic acids is 1. The number of nitrogens with one attached hydrogen (secondary N) is 2. The Labute approximate surface area is 110 Å². The summed E-state index contributed by atoms with van der Waals surface area (Å²) in [6, 6.07) is 5.47. The quantitative estimate of drug-likeness (QED) is 0.852. The summed E-state index contributed by atoms with van der Waals surface area (Å²) in [5.41, 5.74) is 1.10.